The van der Waals surface area contributed by atoms with Crippen LogP contribution < -0.4 is 0 Å². The molecule has 0 unspecified atom stereocenters. The number of aliphatic hydroxyl groups is 2. The van der Waals surface area contributed by atoms with Gasteiger partial charge in [-0.25, -0.2) is 9.97 Å². The molecule has 0 fully saturated rings. The lowest BCUT2D eigenvalue weighted by atomic mass is 9.96. The second-order valence-electron chi connectivity index (χ2n) is 5.73. The van der Waals surface area contributed by atoms with Crippen LogP contribution in [0.25, 0.3) is 21.8 Å². The van der Waals surface area contributed by atoms with Gasteiger partial charge in [0.25, 0.3) is 5.79 Å². The van der Waals surface area contributed by atoms with Gasteiger partial charge >= 0.3 is 12.4 Å². The summed E-state index contributed by atoms with van der Waals surface area (Å²) in [6, 6.07) is 2.71. The van der Waals surface area contributed by atoms with E-state index in [1.807, 2.05) is 0 Å². The number of aryl methyl sites for hydroxylation is 1. The summed E-state index contributed by atoms with van der Waals surface area (Å²) in [6.07, 6.45) is -9.37. The van der Waals surface area contributed by atoms with Gasteiger partial charge in [-0.3, -0.25) is 4.98 Å². The van der Waals surface area contributed by atoms with Crippen molar-refractivity contribution < 1.29 is 36.6 Å². The van der Waals surface area contributed by atoms with Crippen LogP contribution in [0.3, 0.4) is 0 Å². The zero-order chi connectivity index (χ0) is 20.2. The smallest absolute Gasteiger partial charge is 0.355 e. The Hall–Kier alpha value is -2.53. The summed E-state index contributed by atoms with van der Waals surface area (Å²) in [5.74, 6) is -4.57. The van der Waals surface area contributed by atoms with Crippen LogP contribution in [0.5, 0.6) is 0 Å². The second kappa shape index (κ2) is 5.99. The highest BCUT2D eigenvalue weighted by Crippen LogP contribution is 2.43. The van der Waals surface area contributed by atoms with Crippen molar-refractivity contribution in [1.82, 2.24) is 15.0 Å². The molecule has 3 aromatic rings. The Balaban J connectivity index is 2.56. The summed E-state index contributed by atoms with van der Waals surface area (Å²) in [6.45, 7) is 1.52. The fourth-order valence-corrected chi connectivity index (χ4v) is 2.68. The van der Waals surface area contributed by atoms with Gasteiger partial charge in [-0.1, -0.05) is 13.0 Å². The average molecular weight is 391 g/mol. The number of nitrogens with zero attached hydrogens (tertiary/aromatic N) is 3. The maximum Gasteiger partial charge on any atom is 0.447 e. The highest BCUT2D eigenvalue weighted by atomic mass is 19.4. The van der Waals surface area contributed by atoms with E-state index in [0.717, 1.165) is 12.3 Å². The number of pyridine rings is 1. The summed E-state index contributed by atoms with van der Waals surface area (Å²) in [5.41, 5.74) is -3.32. The van der Waals surface area contributed by atoms with Crippen molar-refractivity contribution in [3.05, 3.63) is 41.5 Å². The molecule has 2 aromatic heterocycles. The van der Waals surface area contributed by atoms with Gasteiger partial charge in [-0.05, 0) is 12.1 Å². The predicted octanol–water partition coefficient (Wildman–Crippen LogP) is 3.46. The van der Waals surface area contributed by atoms with Gasteiger partial charge in [0.05, 0.1) is 5.52 Å². The van der Waals surface area contributed by atoms with Gasteiger partial charge in [0.1, 0.15) is 11.3 Å². The summed E-state index contributed by atoms with van der Waals surface area (Å²) in [4.78, 5) is 11.2. The maximum absolute atomic E-state index is 13.4. The van der Waals surface area contributed by atoms with E-state index in [-0.39, 0.29) is 28.7 Å². The highest BCUT2D eigenvalue weighted by molar-refractivity contribution is 6.05. The van der Waals surface area contributed by atoms with Crippen LogP contribution in [0.4, 0.5) is 26.3 Å². The molecule has 3 rings (SSSR count). The first-order valence-electron chi connectivity index (χ1n) is 7.55. The van der Waals surface area contributed by atoms with Gasteiger partial charge in [0, 0.05) is 29.0 Å². The predicted molar refractivity (Wildman–Crippen MR) is 81.4 cm³/mol. The van der Waals surface area contributed by atoms with E-state index in [4.69, 9.17) is 0 Å². The van der Waals surface area contributed by atoms with Crippen LogP contribution in [-0.2, 0) is 18.4 Å². The molecule has 2 heterocycles. The fourth-order valence-electron chi connectivity index (χ4n) is 2.68. The third kappa shape index (κ3) is 3.06. The number of aromatic nitrogens is 3. The number of halogens is 6. The van der Waals surface area contributed by atoms with E-state index >= 15 is 0 Å². The summed E-state index contributed by atoms with van der Waals surface area (Å²) >= 11 is 0. The molecular weight excluding hydrogens is 380 g/mol. The minimum atomic E-state index is -5.56. The summed E-state index contributed by atoms with van der Waals surface area (Å²) in [5, 5.41) is 18.1. The molecule has 0 aliphatic heterocycles. The van der Waals surface area contributed by atoms with Gasteiger partial charge in [0.15, 0.2) is 5.69 Å². The molecule has 0 atom stereocenters. The van der Waals surface area contributed by atoms with Crippen molar-refractivity contribution in [1.29, 1.82) is 0 Å². The number of hydrogen-bond donors (Lipinski definition) is 2. The molecule has 0 spiro atoms. The first kappa shape index (κ1) is 19.2. The molecule has 0 radical (unpaired) electrons. The molecular formula is C16H11F6N3O2. The monoisotopic (exact) mass is 391 g/mol. The molecule has 0 saturated heterocycles. The lowest BCUT2D eigenvalue weighted by Gasteiger charge is -2.26. The van der Waals surface area contributed by atoms with E-state index in [1.165, 1.54) is 13.0 Å². The Morgan fingerprint density at radius 1 is 0.963 bits per heavy atom. The lowest BCUT2D eigenvalue weighted by molar-refractivity contribution is -0.357. The number of benzene rings is 1. The summed E-state index contributed by atoms with van der Waals surface area (Å²) in [7, 11) is 0. The quantitative estimate of drug-likeness (QED) is 0.397. The minimum absolute atomic E-state index is 0.0432. The van der Waals surface area contributed by atoms with Crippen molar-refractivity contribution in [3.63, 3.8) is 0 Å². The summed E-state index contributed by atoms with van der Waals surface area (Å²) < 4.78 is 79.7. The lowest BCUT2D eigenvalue weighted by Crippen LogP contribution is -2.42. The number of alkyl halides is 6. The number of hydrogen-bond acceptors (Lipinski definition) is 5. The fraction of sp³-hybridized carbons (Fsp3) is 0.312. The van der Waals surface area contributed by atoms with Crippen LogP contribution in [0.1, 0.15) is 24.0 Å². The van der Waals surface area contributed by atoms with Gasteiger partial charge < -0.3 is 10.2 Å². The normalized spacial score (nSPS) is 13.5. The Labute approximate surface area is 147 Å². The second-order valence-corrected chi connectivity index (χ2v) is 5.73. The molecule has 27 heavy (non-hydrogen) atoms. The Bertz CT molecular complexity index is 1030. The minimum Gasteiger partial charge on any atom is -0.355 e. The van der Waals surface area contributed by atoms with Gasteiger partial charge in [-0.15, -0.1) is 0 Å². The Morgan fingerprint density at radius 3 is 2.19 bits per heavy atom. The van der Waals surface area contributed by atoms with Crippen LogP contribution in [-0.4, -0.2) is 31.3 Å². The topological polar surface area (TPSA) is 79.1 Å². The Morgan fingerprint density at radius 2 is 1.63 bits per heavy atom. The van der Waals surface area contributed by atoms with Crippen LogP contribution in [0, 0.1) is 0 Å². The van der Waals surface area contributed by atoms with E-state index in [0.29, 0.717) is 6.07 Å². The third-order valence-electron chi connectivity index (χ3n) is 3.96. The average Bonchev–Trinajstić information content (AvgIpc) is 2.58. The SMILES string of the molecule is CCc1nc(C(F)(F)F)c2cc(C(O)(O)C(F)(F)F)c3cccnc3c2n1. The van der Waals surface area contributed by atoms with Crippen molar-refractivity contribution in [3.8, 4) is 0 Å². The van der Waals surface area contributed by atoms with Crippen molar-refractivity contribution >= 4 is 21.8 Å². The van der Waals surface area contributed by atoms with Crippen LogP contribution in [0.2, 0.25) is 0 Å². The zero-order valence-corrected chi connectivity index (χ0v) is 13.5. The van der Waals surface area contributed by atoms with E-state index in [2.05, 4.69) is 15.0 Å². The molecule has 0 saturated carbocycles. The number of rotatable bonds is 2. The van der Waals surface area contributed by atoms with E-state index in [1.54, 1.807) is 0 Å². The molecule has 11 heteroatoms. The molecule has 2 N–H and O–H groups in total. The maximum atomic E-state index is 13.4. The standard InChI is InChI=1S/C16H11F6N3O2/c1-2-10-24-12-8(13(25-10)15(17,18)19)6-9(14(26,27)16(20,21)22)7-4-3-5-23-11(7)12/h3-6,26-27H,2H2,1H3. The molecule has 0 aliphatic carbocycles. The molecule has 0 amide bonds. The van der Waals surface area contributed by atoms with Gasteiger partial charge in [-0.2, -0.15) is 26.3 Å². The first-order valence-corrected chi connectivity index (χ1v) is 7.55. The highest BCUT2D eigenvalue weighted by Gasteiger charge is 2.55. The van der Waals surface area contributed by atoms with Crippen LogP contribution in [0.15, 0.2) is 24.4 Å². The zero-order valence-electron chi connectivity index (χ0n) is 13.5. The van der Waals surface area contributed by atoms with Crippen molar-refractivity contribution in [2.45, 2.75) is 31.5 Å². The molecule has 1 aromatic carbocycles. The van der Waals surface area contributed by atoms with E-state index < -0.39 is 34.8 Å². The van der Waals surface area contributed by atoms with Crippen LogP contribution >= 0.6 is 0 Å². The van der Waals surface area contributed by atoms with Crippen molar-refractivity contribution in [2.24, 2.45) is 0 Å². The van der Waals surface area contributed by atoms with Gasteiger partial charge in [0.2, 0.25) is 0 Å². The first-order chi connectivity index (χ1) is 12.4. The molecule has 0 aliphatic rings. The number of fused-ring (bicyclic) bond motifs is 3. The van der Waals surface area contributed by atoms with Crippen molar-refractivity contribution in [2.75, 3.05) is 0 Å². The molecule has 0 bridgehead atoms. The molecule has 144 valence electrons. The third-order valence-corrected chi connectivity index (χ3v) is 3.96. The molecule has 5 nitrogen and oxygen atoms in total. The largest absolute Gasteiger partial charge is 0.447 e. The Kier molecular flexibility index (Phi) is 4.27. The van der Waals surface area contributed by atoms with E-state index in [9.17, 15) is 36.6 Å².